The average molecular weight is 296 g/mol. The summed E-state index contributed by atoms with van der Waals surface area (Å²) in [4.78, 5) is 0. The maximum absolute atomic E-state index is 11.1. The standard InChI is InChI=1S/C16H28N2O3/c1-5-18-14(13(20-4)11-17-18)15(19)16(21-6-2)9-7-8-12(3)10-16/h11-12,15,19H,5-10H2,1-4H3. The number of aliphatic hydroxyl groups excluding tert-OH is 1. The molecule has 1 fully saturated rings. The van der Waals surface area contributed by atoms with Gasteiger partial charge in [0.25, 0.3) is 0 Å². The minimum Gasteiger partial charge on any atom is -0.493 e. The van der Waals surface area contributed by atoms with Crippen molar-refractivity contribution in [2.45, 2.75) is 64.7 Å². The van der Waals surface area contributed by atoms with Crippen molar-refractivity contribution < 1.29 is 14.6 Å². The lowest BCUT2D eigenvalue weighted by Gasteiger charge is -2.43. The highest BCUT2D eigenvalue weighted by Gasteiger charge is 2.45. The summed E-state index contributed by atoms with van der Waals surface area (Å²) in [5.74, 6) is 1.20. The van der Waals surface area contributed by atoms with Crippen molar-refractivity contribution in [3.8, 4) is 5.75 Å². The Morgan fingerprint density at radius 3 is 2.86 bits per heavy atom. The quantitative estimate of drug-likeness (QED) is 0.877. The van der Waals surface area contributed by atoms with Gasteiger partial charge >= 0.3 is 0 Å². The lowest BCUT2D eigenvalue weighted by atomic mass is 9.74. The van der Waals surface area contributed by atoms with Crippen LogP contribution in [0, 0.1) is 5.92 Å². The van der Waals surface area contributed by atoms with Crippen molar-refractivity contribution in [3.63, 3.8) is 0 Å². The number of ether oxygens (including phenoxy) is 2. The number of nitrogens with zero attached hydrogens (tertiary/aromatic N) is 2. The maximum Gasteiger partial charge on any atom is 0.162 e. The summed E-state index contributed by atoms with van der Waals surface area (Å²) in [5.41, 5.74) is 0.217. The smallest absolute Gasteiger partial charge is 0.162 e. The summed E-state index contributed by atoms with van der Waals surface area (Å²) in [6.45, 7) is 7.54. The van der Waals surface area contributed by atoms with Gasteiger partial charge in [0.05, 0.1) is 13.3 Å². The highest BCUT2D eigenvalue weighted by molar-refractivity contribution is 5.29. The van der Waals surface area contributed by atoms with Gasteiger partial charge in [0, 0.05) is 13.2 Å². The van der Waals surface area contributed by atoms with Crippen LogP contribution in [-0.2, 0) is 11.3 Å². The average Bonchev–Trinajstić information content (AvgIpc) is 2.89. The second-order valence-electron chi connectivity index (χ2n) is 6.02. The molecule has 3 atom stereocenters. The SMILES string of the molecule is CCOC1(C(O)c2c(OC)cnn2CC)CCCC(C)C1. The van der Waals surface area contributed by atoms with E-state index in [9.17, 15) is 5.11 Å². The maximum atomic E-state index is 11.1. The molecular weight excluding hydrogens is 268 g/mol. The van der Waals surface area contributed by atoms with E-state index in [2.05, 4.69) is 12.0 Å². The number of aryl methyl sites for hydroxylation is 1. The Labute approximate surface area is 127 Å². The van der Waals surface area contributed by atoms with Gasteiger partial charge in [0.1, 0.15) is 17.4 Å². The summed E-state index contributed by atoms with van der Waals surface area (Å²) in [6, 6.07) is 0. The molecule has 1 aromatic heterocycles. The number of aromatic nitrogens is 2. The van der Waals surface area contributed by atoms with E-state index < -0.39 is 11.7 Å². The predicted molar refractivity (Wildman–Crippen MR) is 81.4 cm³/mol. The van der Waals surface area contributed by atoms with Gasteiger partial charge in [-0.25, -0.2) is 0 Å². The third kappa shape index (κ3) is 3.09. The van der Waals surface area contributed by atoms with Crippen LogP contribution in [0.1, 0.15) is 58.3 Å². The van der Waals surface area contributed by atoms with Gasteiger partial charge in [-0.15, -0.1) is 0 Å². The van der Waals surface area contributed by atoms with Crippen molar-refractivity contribution in [3.05, 3.63) is 11.9 Å². The van der Waals surface area contributed by atoms with Crippen LogP contribution >= 0.6 is 0 Å². The molecule has 0 aliphatic heterocycles. The number of methoxy groups -OCH3 is 1. The van der Waals surface area contributed by atoms with Gasteiger partial charge in [-0.1, -0.05) is 19.8 Å². The zero-order valence-electron chi connectivity index (χ0n) is 13.6. The first-order valence-corrected chi connectivity index (χ1v) is 7.99. The molecule has 0 saturated heterocycles. The molecule has 1 aromatic rings. The molecule has 0 spiro atoms. The predicted octanol–water partition coefficient (Wildman–Crippen LogP) is 2.93. The molecular formula is C16H28N2O3. The van der Waals surface area contributed by atoms with Crippen LogP contribution in [0.3, 0.4) is 0 Å². The molecule has 5 heteroatoms. The van der Waals surface area contributed by atoms with E-state index in [4.69, 9.17) is 9.47 Å². The van der Waals surface area contributed by atoms with E-state index in [0.717, 1.165) is 25.0 Å². The first-order valence-electron chi connectivity index (χ1n) is 7.99. The number of rotatable bonds is 6. The molecule has 0 aromatic carbocycles. The van der Waals surface area contributed by atoms with E-state index in [0.29, 0.717) is 24.8 Å². The van der Waals surface area contributed by atoms with Gasteiger partial charge in [-0.05, 0) is 32.6 Å². The molecule has 120 valence electrons. The summed E-state index contributed by atoms with van der Waals surface area (Å²) >= 11 is 0. The number of hydrogen-bond acceptors (Lipinski definition) is 4. The first-order chi connectivity index (χ1) is 10.1. The largest absolute Gasteiger partial charge is 0.493 e. The molecule has 0 radical (unpaired) electrons. The highest BCUT2D eigenvalue weighted by atomic mass is 16.5. The Morgan fingerprint density at radius 2 is 2.29 bits per heavy atom. The van der Waals surface area contributed by atoms with E-state index in [1.165, 1.54) is 6.42 Å². The molecule has 1 aliphatic rings. The van der Waals surface area contributed by atoms with Crippen molar-refractivity contribution in [2.75, 3.05) is 13.7 Å². The third-order valence-corrected chi connectivity index (χ3v) is 4.54. The van der Waals surface area contributed by atoms with Gasteiger partial charge in [0.15, 0.2) is 5.75 Å². The lowest BCUT2D eigenvalue weighted by molar-refractivity contribution is -0.152. The minimum absolute atomic E-state index is 0.521. The van der Waals surface area contributed by atoms with Crippen LogP contribution in [-0.4, -0.2) is 34.2 Å². The Morgan fingerprint density at radius 1 is 1.52 bits per heavy atom. The molecule has 1 aliphatic carbocycles. The fraction of sp³-hybridized carbons (Fsp3) is 0.812. The van der Waals surface area contributed by atoms with Crippen molar-refractivity contribution in [1.82, 2.24) is 9.78 Å². The van der Waals surface area contributed by atoms with E-state index >= 15 is 0 Å². The molecule has 0 amide bonds. The summed E-state index contributed by atoms with van der Waals surface area (Å²) in [6.07, 6.45) is 5.00. The lowest BCUT2D eigenvalue weighted by Crippen LogP contribution is -2.44. The topological polar surface area (TPSA) is 56.5 Å². The summed E-state index contributed by atoms with van der Waals surface area (Å²) in [5, 5.41) is 15.4. The number of aliphatic hydroxyl groups is 1. The second kappa shape index (κ2) is 6.79. The third-order valence-electron chi connectivity index (χ3n) is 4.54. The molecule has 1 N–H and O–H groups in total. The van der Waals surface area contributed by atoms with Crippen molar-refractivity contribution >= 4 is 0 Å². The van der Waals surface area contributed by atoms with Crippen LogP contribution in [0.4, 0.5) is 0 Å². The van der Waals surface area contributed by atoms with Gasteiger partial charge < -0.3 is 14.6 Å². The van der Waals surface area contributed by atoms with Crippen LogP contribution < -0.4 is 4.74 Å². The molecule has 2 rings (SSSR count). The fourth-order valence-corrected chi connectivity index (χ4v) is 3.60. The van der Waals surface area contributed by atoms with Crippen LogP contribution in [0.2, 0.25) is 0 Å². The summed E-state index contributed by atoms with van der Waals surface area (Å²) in [7, 11) is 1.62. The zero-order chi connectivity index (χ0) is 15.5. The minimum atomic E-state index is -0.711. The van der Waals surface area contributed by atoms with Gasteiger partial charge in [-0.3, -0.25) is 4.68 Å². The van der Waals surface area contributed by atoms with Gasteiger partial charge in [-0.2, -0.15) is 5.10 Å². The van der Waals surface area contributed by atoms with Crippen LogP contribution in [0.5, 0.6) is 5.75 Å². The highest BCUT2D eigenvalue weighted by Crippen LogP contribution is 2.45. The molecule has 1 heterocycles. The summed E-state index contributed by atoms with van der Waals surface area (Å²) < 4.78 is 13.3. The number of hydrogen-bond donors (Lipinski definition) is 1. The van der Waals surface area contributed by atoms with Gasteiger partial charge in [0.2, 0.25) is 0 Å². The first kappa shape index (κ1) is 16.3. The molecule has 3 unspecified atom stereocenters. The Kier molecular flexibility index (Phi) is 5.27. The molecule has 21 heavy (non-hydrogen) atoms. The van der Waals surface area contributed by atoms with E-state index in [-0.39, 0.29) is 0 Å². The monoisotopic (exact) mass is 296 g/mol. The molecule has 0 bridgehead atoms. The Bertz CT molecular complexity index is 435. The molecule has 1 saturated carbocycles. The second-order valence-corrected chi connectivity index (χ2v) is 6.02. The Balaban J connectivity index is 2.38. The molecule has 5 nitrogen and oxygen atoms in total. The van der Waals surface area contributed by atoms with E-state index in [1.54, 1.807) is 13.3 Å². The van der Waals surface area contributed by atoms with Crippen molar-refractivity contribution in [1.29, 1.82) is 0 Å². The van der Waals surface area contributed by atoms with Crippen LogP contribution in [0.25, 0.3) is 0 Å². The Hall–Kier alpha value is -1.07. The fourth-order valence-electron chi connectivity index (χ4n) is 3.60. The van der Waals surface area contributed by atoms with Crippen LogP contribution in [0.15, 0.2) is 6.20 Å². The van der Waals surface area contributed by atoms with Crippen molar-refractivity contribution in [2.24, 2.45) is 5.92 Å². The normalized spacial score (nSPS) is 27.6. The van der Waals surface area contributed by atoms with E-state index in [1.807, 2.05) is 18.5 Å². The zero-order valence-corrected chi connectivity index (χ0v) is 13.6.